The number of nitrogens with zero attached hydrogens (tertiary/aromatic N) is 1. The van der Waals surface area contributed by atoms with Crippen LogP contribution < -0.4 is 5.56 Å². The van der Waals surface area contributed by atoms with Gasteiger partial charge in [0.1, 0.15) is 5.82 Å². The third-order valence-electron chi connectivity index (χ3n) is 1.79. The Labute approximate surface area is 88.3 Å². The van der Waals surface area contributed by atoms with Gasteiger partial charge in [-0.2, -0.15) is 11.8 Å². The number of aryl methyl sites for hydroxylation is 1. The van der Waals surface area contributed by atoms with Crippen molar-refractivity contribution in [3.63, 3.8) is 0 Å². The van der Waals surface area contributed by atoms with E-state index < -0.39 is 0 Å². The number of H-pyrrole nitrogens is 1. The topological polar surface area (TPSA) is 45.8 Å². The molecule has 0 fully saturated rings. The molecule has 4 heteroatoms. The minimum absolute atomic E-state index is 0.0323. The number of aromatic nitrogens is 2. The van der Waals surface area contributed by atoms with Gasteiger partial charge in [-0.25, -0.2) is 4.98 Å². The zero-order valence-corrected chi connectivity index (χ0v) is 9.49. The first-order chi connectivity index (χ1) is 6.76. The average Bonchev–Trinajstić information content (AvgIpc) is 2.14. The van der Waals surface area contributed by atoms with E-state index in [-0.39, 0.29) is 5.56 Å². The molecule has 0 aliphatic carbocycles. The van der Waals surface area contributed by atoms with Gasteiger partial charge in [0, 0.05) is 11.8 Å². The van der Waals surface area contributed by atoms with E-state index in [0.717, 1.165) is 35.9 Å². The summed E-state index contributed by atoms with van der Waals surface area (Å²) in [6, 6.07) is 1.59. The summed E-state index contributed by atoms with van der Waals surface area (Å²) in [4.78, 5) is 18.4. The molecular formula is C10H16N2OS. The monoisotopic (exact) mass is 212 g/mol. The van der Waals surface area contributed by atoms with Crippen LogP contribution in [0, 0.1) is 0 Å². The zero-order chi connectivity index (χ0) is 10.4. The number of rotatable bonds is 5. The largest absolute Gasteiger partial charge is 0.310 e. The van der Waals surface area contributed by atoms with E-state index in [9.17, 15) is 4.79 Å². The van der Waals surface area contributed by atoms with E-state index >= 15 is 0 Å². The lowest BCUT2D eigenvalue weighted by molar-refractivity contribution is 0.845. The maximum absolute atomic E-state index is 11.2. The van der Waals surface area contributed by atoms with Crippen LogP contribution in [0.4, 0.5) is 0 Å². The minimum atomic E-state index is -0.0323. The molecule has 0 saturated carbocycles. The molecule has 0 aromatic carbocycles. The molecule has 0 saturated heterocycles. The van der Waals surface area contributed by atoms with Gasteiger partial charge >= 0.3 is 0 Å². The molecule has 1 aromatic heterocycles. The number of nitrogens with one attached hydrogen (secondary N) is 1. The van der Waals surface area contributed by atoms with Crippen molar-refractivity contribution in [2.45, 2.75) is 32.4 Å². The molecule has 0 unspecified atom stereocenters. The van der Waals surface area contributed by atoms with Crippen molar-refractivity contribution in [1.29, 1.82) is 0 Å². The maximum Gasteiger partial charge on any atom is 0.251 e. The summed E-state index contributed by atoms with van der Waals surface area (Å²) in [7, 11) is 0. The van der Waals surface area contributed by atoms with Crippen LogP contribution in [0.3, 0.4) is 0 Å². The summed E-state index contributed by atoms with van der Waals surface area (Å²) in [5.41, 5.74) is 0.873. The van der Waals surface area contributed by atoms with Gasteiger partial charge < -0.3 is 4.98 Å². The van der Waals surface area contributed by atoms with Crippen LogP contribution >= 0.6 is 11.8 Å². The molecule has 0 atom stereocenters. The first kappa shape index (κ1) is 11.3. The third kappa shape index (κ3) is 3.54. The molecule has 78 valence electrons. The first-order valence-corrected chi connectivity index (χ1v) is 6.08. The van der Waals surface area contributed by atoms with Gasteiger partial charge in [-0.1, -0.05) is 20.3 Å². The molecular weight excluding hydrogens is 196 g/mol. The molecule has 1 rings (SSSR count). The Morgan fingerprint density at radius 1 is 1.50 bits per heavy atom. The van der Waals surface area contributed by atoms with E-state index in [1.54, 1.807) is 17.8 Å². The summed E-state index contributed by atoms with van der Waals surface area (Å²) in [6.07, 6.45) is 1.91. The molecule has 0 amide bonds. The lowest BCUT2D eigenvalue weighted by Gasteiger charge is -2.02. The van der Waals surface area contributed by atoms with Crippen LogP contribution in [-0.4, -0.2) is 15.7 Å². The fourth-order valence-corrected chi connectivity index (χ4v) is 1.75. The van der Waals surface area contributed by atoms with Gasteiger partial charge in [-0.05, 0) is 12.2 Å². The highest BCUT2D eigenvalue weighted by molar-refractivity contribution is 7.98. The minimum Gasteiger partial charge on any atom is -0.310 e. The van der Waals surface area contributed by atoms with E-state index in [4.69, 9.17) is 0 Å². The van der Waals surface area contributed by atoms with Crippen molar-refractivity contribution in [2.24, 2.45) is 0 Å². The predicted octanol–water partition coefficient (Wildman–Crippen LogP) is 1.98. The van der Waals surface area contributed by atoms with Crippen LogP contribution in [0.15, 0.2) is 10.9 Å². The number of aromatic amines is 1. The lowest BCUT2D eigenvalue weighted by atomic mass is 10.2. The highest BCUT2D eigenvalue weighted by atomic mass is 32.2. The van der Waals surface area contributed by atoms with Gasteiger partial charge in [0.05, 0.1) is 5.75 Å². The summed E-state index contributed by atoms with van der Waals surface area (Å²) in [5, 5.41) is 0. The average molecular weight is 212 g/mol. The predicted molar refractivity (Wildman–Crippen MR) is 60.7 cm³/mol. The second-order valence-corrected chi connectivity index (χ2v) is 4.34. The number of hydrogen-bond acceptors (Lipinski definition) is 3. The second-order valence-electron chi connectivity index (χ2n) is 3.07. The van der Waals surface area contributed by atoms with Gasteiger partial charge in [-0.3, -0.25) is 4.79 Å². The summed E-state index contributed by atoms with van der Waals surface area (Å²) >= 11 is 1.76. The molecule has 1 heterocycles. The number of hydrogen-bond donors (Lipinski definition) is 1. The number of thioether (sulfide) groups is 1. The van der Waals surface area contributed by atoms with Crippen molar-refractivity contribution in [3.05, 3.63) is 27.9 Å². The van der Waals surface area contributed by atoms with E-state index in [2.05, 4.69) is 23.8 Å². The molecule has 1 aromatic rings. The quantitative estimate of drug-likeness (QED) is 0.811. The van der Waals surface area contributed by atoms with Crippen LogP contribution in [-0.2, 0) is 12.2 Å². The summed E-state index contributed by atoms with van der Waals surface area (Å²) in [6.45, 7) is 4.18. The molecule has 0 aliphatic heterocycles. The van der Waals surface area contributed by atoms with Crippen LogP contribution in [0.25, 0.3) is 0 Å². The molecule has 0 radical (unpaired) electrons. The molecule has 0 spiro atoms. The van der Waals surface area contributed by atoms with Crippen LogP contribution in [0.5, 0.6) is 0 Å². The van der Waals surface area contributed by atoms with Crippen molar-refractivity contribution < 1.29 is 0 Å². The maximum atomic E-state index is 11.2. The van der Waals surface area contributed by atoms with Crippen molar-refractivity contribution in [3.8, 4) is 0 Å². The SMILES string of the molecule is CCCc1cc(=O)[nH]c(CSCC)n1. The van der Waals surface area contributed by atoms with Crippen molar-refractivity contribution >= 4 is 11.8 Å². The summed E-state index contributed by atoms with van der Waals surface area (Å²) < 4.78 is 0. The molecule has 3 nitrogen and oxygen atoms in total. The molecule has 0 aliphatic rings. The van der Waals surface area contributed by atoms with Gasteiger partial charge in [-0.15, -0.1) is 0 Å². The third-order valence-corrected chi connectivity index (χ3v) is 2.68. The highest BCUT2D eigenvalue weighted by Crippen LogP contribution is 2.06. The Balaban J connectivity index is 2.78. The Hall–Kier alpha value is -0.770. The van der Waals surface area contributed by atoms with E-state index in [1.165, 1.54) is 0 Å². The summed E-state index contributed by atoms with van der Waals surface area (Å²) in [5.74, 6) is 2.64. The fraction of sp³-hybridized carbons (Fsp3) is 0.600. The Kier molecular flexibility index (Phi) is 4.73. The standard InChI is InChI=1S/C10H16N2OS/c1-3-5-8-6-10(13)12-9(11-8)7-14-4-2/h6H,3-5,7H2,1-2H3,(H,11,12,13). The van der Waals surface area contributed by atoms with E-state index in [1.807, 2.05) is 0 Å². The smallest absolute Gasteiger partial charge is 0.251 e. The Morgan fingerprint density at radius 2 is 2.29 bits per heavy atom. The Bertz CT molecular complexity index is 335. The molecule has 0 bridgehead atoms. The van der Waals surface area contributed by atoms with E-state index in [0.29, 0.717) is 0 Å². The first-order valence-electron chi connectivity index (χ1n) is 4.93. The zero-order valence-electron chi connectivity index (χ0n) is 8.67. The fourth-order valence-electron chi connectivity index (χ4n) is 1.21. The van der Waals surface area contributed by atoms with Crippen molar-refractivity contribution in [2.75, 3.05) is 5.75 Å². The van der Waals surface area contributed by atoms with Gasteiger partial charge in [0.25, 0.3) is 5.56 Å². The van der Waals surface area contributed by atoms with Crippen LogP contribution in [0.2, 0.25) is 0 Å². The van der Waals surface area contributed by atoms with Crippen LogP contribution in [0.1, 0.15) is 31.8 Å². The van der Waals surface area contributed by atoms with Gasteiger partial charge in [0.2, 0.25) is 0 Å². The molecule has 14 heavy (non-hydrogen) atoms. The Morgan fingerprint density at radius 3 is 2.93 bits per heavy atom. The highest BCUT2D eigenvalue weighted by Gasteiger charge is 2.00. The second kappa shape index (κ2) is 5.86. The normalized spacial score (nSPS) is 10.4. The molecule has 1 N–H and O–H groups in total. The van der Waals surface area contributed by atoms with Gasteiger partial charge in [0.15, 0.2) is 0 Å². The lowest BCUT2D eigenvalue weighted by Crippen LogP contribution is -2.12. The van der Waals surface area contributed by atoms with Crippen molar-refractivity contribution in [1.82, 2.24) is 9.97 Å².